The van der Waals surface area contributed by atoms with Crippen molar-refractivity contribution < 1.29 is 8.42 Å². The van der Waals surface area contributed by atoms with Crippen LogP contribution < -0.4 is 10.5 Å². The van der Waals surface area contributed by atoms with E-state index in [0.717, 1.165) is 22.6 Å². The van der Waals surface area contributed by atoms with Crippen molar-refractivity contribution in [2.45, 2.75) is 17.7 Å². The topological polar surface area (TPSA) is 90.0 Å². The fraction of sp³-hybridized carbons (Fsp3) is 0.300. The third kappa shape index (κ3) is 2.55. The second kappa shape index (κ2) is 4.71. The van der Waals surface area contributed by atoms with E-state index in [1.807, 2.05) is 14.0 Å². The van der Waals surface area contributed by atoms with Gasteiger partial charge in [0.1, 0.15) is 4.21 Å². The van der Waals surface area contributed by atoms with Crippen LogP contribution in [0, 0.1) is 6.92 Å². The number of hydrogen-bond acceptors (Lipinski definition) is 5. The highest BCUT2D eigenvalue weighted by Crippen LogP contribution is 2.21. The van der Waals surface area contributed by atoms with Crippen molar-refractivity contribution in [2.24, 2.45) is 7.05 Å². The predicted molar refractivity (Wildman–Crippen MR) is 70.7 cm³/mol. The molecule has 0 radical (unpaired) electrons. The number of nitrogens with zero attached hydrogens (tertiary/aromatic N) is 2. The molecule has 2 aromatic rings. The van der Waals surface area contributed by atoms with E-state index in [9.17, 15) is 8.42 Å². The van der Waals surface area contributed by atoms with Gasteiger partial charge in [-0.25, -0.2) is 13.1 Å². The Hall–Kier alpha value is -1.38. The Morgan fingerprint density at radius 3 is 2.78 bits per heavy atom. The third-order valence-electron chi connectivity index (χ3n) is 2.65. The monoisotopic (exact) mass is 286 g/mol. The number of sulfonamides is 1. The Morgan fingerprint density at radius 2 is 2.28 bits per heavy atom. The van der Waals surface area contributed by atoms with Crippen LogP contribution in [0.5, 0.6) is 0 Å². The van der Waals surface area contributed by atoms with Gasteiger partial charge in [-0.1, -0.05) is 0 Å². The highest BCUT2D eigenvalue weighted by molar-refractivity contribution is 7.91. The maximum Gasteiger partial charge on any atom is 0.250 e. The average Bonchev–Trinajstić information content (AvgIpc) is 2.86. The molecule has 0 spiro atoms. The van der Waals surface area contributed by atoms with Gasteiger partial charge < -0.3 is 5.73 Å². The lowest BCUT2D eigenvalue weighted by molar-refractivity contribution is 0.583. The van der Waals surface area contributed by atoms with Crippen molar-refractivity contribution in [1.82, 2.24) is 14.5 Å². The number of nitrogens with one attached hydrogen (secondary N) is 1. The van der Waals surface area contributed by atoms with Crippen LogP contribution in [0.15, 0.2) is 21.9 Å². The zero-order valence-corrected chi connectivity index (χ0v) is 11.7. The molecule has 2 aromatic heterocycles. The number of nitrogens with two attached hydrogens (primary N) is 1. The molecular formula is C10H14N4O2S2. The summed E-state index contributed by atoms with van der Waals surface area (Å²) in [5.74, 6) is 0. The van der Waals surface area contributed by atoms with E-state index in [0.29, 0.717) is 5.69 Å². The van der Waals surface area contributed by atoms with E-state index in [1.54, 1.807) is 16.3 Å². The molecule has 0 unspecified atom stereocenters. The maximum absolute atomic E-state index is 12.0. The molecule has 0 atom stereocenters. The molecule has 0 aromatic carbocycles. The normalized spacial score (nSPS) is 11.9. The standard InChI is InChI=1S/C10H14N4O2S2/c1-7-8(4-12-14(7)2)5-13-18(15,16)10-3-9(11)6-17-10/h3-4,6,13H,5,11H2,1-2H3. The quantitative estimate of drug-likeness (QED) is 0.872. The third-order valence-corrected chi connectivity index (χ3v) is 5.51. The van der Waals surface area contributed by atoms with E-state index >= 15 is 0 Å². The SMILES string of the molecule is Cc1c(CNS(=O)(=O)c2cc(N)cs2)cnn1C. The number of rotatable bonds is 4. The largest absolute Gasteiger partial charge is 0.398 e. The lowest BCUT2D eigenvalue weighted by Crippen LogP contribution is -2.22. The van der Waals surface area contributed by atoms with Crippen molar-refractivity contribution in [3.8, 4) is 0 Å². The number of thiophene rings is 1. The first-order chi connectivity index (χ1) is 8.40. The van der Waals surface area contributed by atoms with Crippen LogP contribution in [0.3, 0.4) is 0 Å². The number of hydrogen-bond donors (Lipinski definition) is 2. The van der Waals surface area contributed by atoms with Crippen molar-refractivity contribution in [1.29, 1.82) is 0 Å². The summed E-state index contributed by atoms with van der Waals surface area (Å²) < 4.78 is 28.4. The van der Waals surface area contributed by atoms with Gasteiger partial charge >= 0.3 is 0 Å². The number of anilines is 1. The van der Waals surface area contributed by atoms with Crippen molar-refractivity contribution >= 4 is 27.0 Å². The van der Waals surface area contributed by atoms with Crippen LogP contribution in [0.25, 0.3) is 0 Å². The number of aryl methyl sites for hydroxylation is 1. The average molecular weight is 286 g/mol. The van der Waals surface area contributed by atoms with Gasteiger partial charge in [0, 0.05) is 35.9 Å². The Morgan fingerprint density at radius 1 is 1.56 bits per heavy atom. The highest BCUT2D eigenvalue weighted by Gasteiger charge is 2.16. The van der Waals surface area contributed by atoms with E-state index in [2.05, 4.69) is 9.82 Å². The summed E-state index contributed by atoms with van der Waals surface area (Å²) in [5, 5.41) is 5.66. The zero-order valence-electron chi connectivity index (χ0n) is 10.0. The minimum Gasteiger partial charge on any atom is -0.398 e. The highest BCUT2D eigenvalue weighted by atomic mass is 32.2. The molecule has 0 aliphatic carbocycles. The van der Waals surface area contributed by atoms with Gasteiger partial charge in [0.05, 0.1) is 6.20 Å². The summed E-state index contributed by atoms with van der Waals surface area (Å²) in [6.45, 7) is 2.11. The van der Waals surface area contributed by atoms with Crippen molar-refractivity contribution in [3.63, 3.8) is 0 Å². The molecule has 0 amide bonds. The summed E-state index contributed by atoms with van der Waals surface area (Å²) in [6, 6.07) is 1.45. The van der Waals surface area contributed by atoms with Crippen LogP contribution in [0.4, 0.5) is 5.69 Å². The fourth-order valence-electron chi connectivity index (χ4n) is 1.43. The van der Waals surface area contributed by atoms with Crippen LogP contribution in [0.1, 0.15) is 11.3 Å². The Kier molecular flexibility index (Phi) is 3.42. The van der Waals surface area contributed by atoms with Crippen LogP contribution in [0.2, 0.25) is 0 Å². The minimum atomic E-state index is -3.49. The lowest BCUT2D eigenvalue weighted by Gasteiger charge is -2.04. The van der Waals surface area contributed by atoms with Crippen molar-refractivity contribution in [2.75, 3.05) is 5.73 Å². The summed E-state index contributed by atoms with van der Waals surface area (Å²) in [4.78, 5) is 0. The van der Waals surface area contributed by atoms with Gasteiger partial charge in [-0.3, -0.25) is 4.68 Å². The Bertz CT molecular complexity index is 657. The van der Waals surface area contributed by atoms with Gasteiger partial charge in [-0.2, -0.15) is 5.10 Å². The summed E-state index contributed by atoms with van der Waals surface area (Å²) >= 11 is 1.10. The second-order valence-electron chi connectivity index (χ2n) is 3.90. The summed E-state index contributed by atoms with van der Waals surface area (Å²) in [7, 11) is -1.68. The van der Waals surface area contributed by atoms with E-state index in [-0.39, 0.29) is 10.8 Å². The molecule has 2 rings (SSSR count). The van der Waals surface area contributed by atoms with Gasteiger partial charge in [-0.15, -0.1) is 11.3 Å². The van der Waals surface area contributed by atoms with Gasteiger partial charge in [0.15, 0.2) is 0 Å². The molecule has 0 aliphatic heterocycles. The second-order valence-corrected chi connectivity index (χ2v) is 6.81. The summed E-state index contributed by atoms with van der Waals surface area (Å²) in [5.41, 5.74) is 7.76. The molecule has 0 fully saturated rings. The molecule has 0 saturated carbocycles. The zero-order chi connectivity index (χ0) is 13.3. The molecule has 8 heteroatoms. The first-order valence-corrected chi connectivity index (χ1v) is 7.57. The van der Waals surface area contributed by atoms with E-state index in [1.165, 1.54) is 6.07 Å². The van der Waals surface area contributed by atoms with Gasteiger partial charge in [0.2, 0.25) is 10.0 Å². The molecule has 6 nitrogen and oxygen atoms in total. The fourth-order valence-corrected chi connectivity index (χ4v) is 3.56. The van der Waals surface area contributed by atoms with Gasteiger partial charge in [-0.05, 0) is 13.0 Å². The first kappa shape index (κ1) is 13.1. The molecule has 0 aliphatic rings. The summed E-state index contributed by atoms with van der Waals surface area (Å²) in [6.07, 6.45) is 1.65. The molecule has 98 valence electrons. The molecule has 2 heterocycles. The first-order valence-electron chi connectivity index (χ1n) is 5.21. The Balaban J connectivity index is 2.13. The van der Waals surface area contributed by atoms with Gasteiger partial charge in [0.25, 0.3) is 0 Å². The Labute approximate surface area is 109 Å². The minimum absolute atomic E-state index is 0.222. The molecule has 3 N–H and O–H groups in total. The molecule has 18 heavy (non-hydrogen) atoms. The van der Waals surface area contributed by atoms with Crippen molar-refractivity contribution in [3.05, 3.63) is 28.9 Å². The number of aromatic nitrogens is 2. The predicted octanol–water partition coefficient (Wildman–Crippen LogP) is 0.851. The lowest BCUT2D eigenvalue weighted by atomic mass is 10.3. The van der Waals surface area contributed by atoms with Crippen LogP contribution in [-0.4, -0.2) is 18.2 Å². The van der Waals surface area contributed by atoms with Crippen LogP contribution in [-0.2, 0) is 23.6 Å². The molecule has 0 bridgehead atoms. The van der Waals surface area contributed by atoms with E-state index in [4.69, 9.17) is 5.73 Å². The molecular weight excluding hydrogens is 272 g/mol. The van der Waals surface area contributed by atoms with Crippen LogP contribution >= 0.6 is 11.3 Å². The smallest absolute Gasteiger partial charge is 0.250 e. The van der Waals surface area contributed by atoms with E-state index < -0.39 is 10.0 Å². The maximum atomic E-state index is 12.0. The molecule has 0 saturated heterocycles. The number of nitrogen functional groups attached to an aromatic ring is 1.